The largest absolute Gasteiger partial charge is 0.493 e. The molecule has 5 heteroatoms. The van der Waals surface area contributed by atoms with Gasteiger partial charge in [-0.25, -0.2) is 8.91 Å². The Hall–Kier alpha value is -2.87. The van der Waals surface area contributed by atoms with Crippen LogP contribution in [0.1, 0.15) is 11.1 Å². The molecule has 0 spiro atoms. The Kier molecular flexibility index (Phi) is 2.83. The van der Waals surface area contributed by atoms with Gasteiger partial charge in [0.05, 0.1) is 30.3 Å². The number of ether oxygens (including phenoxy) is 1. The second kappa shape index (κ2) is 4.85. The maximum Gasteiger partial charge on any atom is 0.126 e. The molecule has 2 aromatic heterocycles. The van der Waals surface area contributed by atoms with Crippen LogP contribution < -0.4 is 4.74 Å². The first-order valence-electron chi connectivity index (χ1n) is 7.06. The standard InChI is InChI=1S/C17H12FN3O/c18-12-3-1-11(2-4-12)16-14(5-8-19)17-13-7-10-22-15(13)6-9-21(17)20-16/h1-4,6,9H,5,7,10H2. The summed E-state index contributed by atoms with van der Waals surface area (Å²) >= 11 is 0. The van der Waals surface area contributed by atoms with Gasteiger partial charge in [-0.2, -0.15) is 10.4 Å². The molecule has 0 aliphatic carbocycles. The topological polar surface area (TPSA) is 50.3 Å². The molecule has 22 heavy (non-hydrogen) atoms. The fraction of sp³-hybridized carbons (Fsp3) is 0.176. The van der Waals surface area contributed by atoms with Gasteiger partial charge in [0.15, 0.2) is 0 Å². The van der Waals surface area contributed by atoms with Crippen LogP contribution in [-0.2, 0) is 12.8 Å². The van der Waals surface area contributed by atoms with Gasteiger partial charge < -0.3 is 4.74 Å². The molecule has 4 nitrogen and oxygen atoms in total. The number of halogens is 1. The van der Waals surface area contributed by atoms with Gasteiger partial charge in [0, 0.05) is 29.3 Å². The van der Waals surface area contributed by atoms with Gasteiger partial charge in [-0.3, -0.25) is 0 Å². The van der Waals surface area contributed by atoms with Gasteiger partial charge in [0.2, 0.25) is 0 Å². The highest BCUT2D eigenvalue weighted by molar-refractivity contribution is 5.77. The van der Waals surface area contributed by atoms with Crippen molar-refractivity contribution in [1.82, 2.24) is 9.61 Å². The molecule has 0 N–H and O–H groups in total. The molecule has 108 valence electrons. The van der Waals surface area contributed by atoms with Crippen LogP contribution in [0, 0.1) is 17.1 Å². The zero-order chi connectivity index (χ0) is 15.1. The van der Waals surface area contributed by atoms with Crippen molar-refractivity contribution in [2.75, 3.05) is 6.61 Å². The van der Waals surface area contributed by atoms with E-state index in [1.54, 1.807) is 16.6 Å². The molecule has 0 radical (unpaired) electrons. The van der Waals surface area contributed by atoms with Crippen LogP contribution in [0.25, 0.3) is 16.8 Å². The van der Waals surface area contributed by atoms with Crippen molar-refractivity contribution in [1.29, 1.82) is 5.26 Å². The number of hydrogen-bond donors (Lipinski definition) is 0. The van der Waals surface area contributed by atoms with Crippen molar-refractivity contribution >= 4 is 5.52 Å². The first kappa shape index (κ1) is 12.8. The van der Waals surface area contributed by atoms with E-state index in [9.17, 15) is 9.65 Å². The second-order valence-electron chi connectivity index (χ2n) is 5.22. The minimum atomic E-state index is -0.288. The fourth-order valence-corrected chi connectivity index (χ4v) is 2.98. The molecule has 0 fully saturated rings. The second-order valence-corrected chi connectivity index (χ2v) is 5.22. The average molecular weight is 293 g/mol. The number of rotatable bonds is 2. The molecule has 0 atom stereocenters. The Morgan fingerprint density at radius 2 is 2.09 bits per heavy atom. The van der Waals surface area contributed by atoms with E-state index in [-0.39, 0.29) is 12.2 Å². The Morgan fingerprint density at radius 1 is 1.27 bits per heavy atom. The normalized spacial score (nSPS) is 12.9. The number of aromatic nitrogens is 2. The summed E-state index contributed by atoms with van der Waals surface area (Å²) in [5.41, 5.74) is 4.44. The molecule has 0 saturated carbocycles. The van der Waals surface area contributed by atoms with Crippen molar-refractivity contribution in [2.24, 2.45) is 0 Å². The number of pyridine rings is 1. The zero-order valence-electron chi connectivity index (χ0n) is 11.7. The summed E-state index contributed by atoms with van der Waals surface area (Å²) in [5, 5.41) is 13.8. The zero-order valence-corrected chi connectivity index (χ0v) is 11.7. The Bertz CT molecular complexity index is 906. The van der Waals surface area contributed by atoms with E-state index in [2.05, 4.69) is 11.2 Å². The summed E-state index contributed by atoms with van der Waals surface area (Å²) in [5.74, 6) is 0.570. The van der Waals surface area contributed by atoms with Crippen LogP contribution in [0.2, 0.25) is 0 Å². The maximum absolute atomic E-state index is 13.1. The van der Waals surface area contributed by atoms with Crippen molar-refractivity contribution < 1.29 is 9.13 Å². The van der Waals surface area contributed by atoms with Crippen LogP contribution in [0.4, 0.5) is 4.39 Å². The molecular weight excluding hydrogens is 281 g/mol. The first-order chi connectivity index (χ1) is 10.8. The third-order valence-corrected chi connectivity index (χ3v) is 3.94. The molecule has 0 saturated heterocycles. The number of nitrogens with zero attached hydrogens (tertiary/aromatic N) is 3. The van der Waals surface area contributed by atoms with Crippen molar-refractivity contribution in [3.63, 3.8) is 0 Å². The SMILES string of the molecule is N#CCc1c(-c2ccc(F)cc2)nn2ccc3c(c12)CCO3. The average Bonchev–Trinajstić information content (AvgIpc) is 3.12. The van der Waals surface area contributed by atoms with Crippen LogP contribution in [0.5, 0.6) is 5.75 Å². The molecule has 0 unspecified atom stereocenters. The van der Waals surface area contributed by atoms with E-state index in [0.29, 0.717) is 6.61 Å². The lowest BCUT2D eigenvalue weighted by atomic mass is 10.0. The van der Waals surface area contributed by atoms with E-state index in [0.717, 1.165) is 40.1 Å². The van der Waals surface area contributed by atoms with Gasteiger partial charge in [-0.05, 0) is 30.3 Å². The van der Waals surface area contributed by atoms with Crippen molar-refractivity contribution in [3.05, 3.63) is 53.5 Å². The van der Waals surface area contributed by atoms with Crippen LogP contribution in [0.3, 0.4) is 0 Å². The molecule has 1 aromatic carbocycles. The maximum atomic E-state index is 13.1. The molecule has 0 bridgehead atoms. The molecule has 1 aliphatic rings. The van der Waals surface area contributed by atoms with Gasteiger partial charge in [-0.1, -0.05) is 0 Å². The molecule has 3 heterocycles. The minimum Gasteiger partial charge on any atom is -0.493 e. The molecule has 1 aliphatic heterocycles. The van der Waals surface area contributed by atoms with E-state index in [1.165, 1.54) is 12.1 Å². The van der Waals surface area contributed by atoms with Crippen molar-refractivity contribution in [2.45, 2.75) is 12.8 Å². The predicted octanol–water partition coefficient (Wildman–Crippen LogP) is 3.14. The third-order valence-electron chi connectivity index (χ3n) is 3.94. The monoisotopic (exact) mass is 293 g/mol. The van der Waals surface area contributed by atoms with Crippen molar-refractivity contribution in [3.8, 4) is 23.1 Å². The highest BCUT2D eigenvalue weighted by Gasteiger charge is 2.22. The van der Waals surface area contributed by atoms with Gasteiger partial charge in [0.1, 0.15) is 11.6 Å². The highest BCUT2D eigenvalue weighted by atomic mass is 19.1. The number of benzene rings is 1. The van der Waals surface area contributed by atoms with Gasteiger partial charge in [0.25, 0.3) is 0 Å². The Morgan fingerprint density at radius 3 is 2.86 bits per heavy atom. The summed E-state index contributed by atoms with van der Waals surface area (Å²) < 4.78 is 20.5. The predicted molar refractivity (Wildman–Crippen MR) is 79.1 cm³/mol. The summed E-state index contributed by atoms with van der Waals surface area (Å²) in [4.78, 5) is 0. The van der Waals surface area contributed by atoms with Crippen LogP contribution in [-0.4, -0.2) is 16.2 Å². The quantitative estimate of drug-likeness (QED) is 0.729. The number of hydrogen-bond acceptors (Lipinski definition) is 3. The highest BCUT2D eigenvalue weighted by Crippen LogP contribution is 2.35. The van der Waals surface area contributed by atoms with E-state index in [4.69, 9.17) is 4.74 Å². The van der Waals surface area contributed by atoms with E-state index >= 15 is 0 Å². The molecular formula is C17H12FN3O. The fourth-order valence-electron chi connectivity index (χ4n) is 2.98. The summed E-state index contributed by atoms with van der Waals surface area (Å²) in [6.07, 6.45) is 2.91. The lowest BCUT2D eigenvalue weighted by Crippen LogP contribution is -1.91. The number of fused-ring (bicyclic) bond motifs is 3. The lowest BCUT2D eigenvalue weighted by molar-refractivity contribution is 0.356. The molecule has 4 rings (SSSR count). The van der Waals surface area contributed by atoms with Crippen LogP contribution in [0.15, 0.2) is 36.5 Å². The Balaban J connectivity index is 2.01. The Labute approximate surface area is 126 Å². The smallest absolute Gasteiger partial charge is 0.126 e. The first-order valence-corrected chi connectivity index (χ1v) is 7.06. The molecule has 0 amide bonds. The lowest BCUT2D eigenvalue weighted by Gasteiger charge is -2.02. The third kappa shape index (κ3) is 1.85. The van der Waals surface area contributed by atoms with Crippen LogP contribution >= 0.6 is 0 Å². The number of nitriles is 1. The van der Waals surface area contributed by atoms with E-state index < -0.39 is 0 Å². The minimum absolute atomic E-state index is 0.257. The molecule has 3 aromatic rings. The summed E-state index contributed by atoms with van der Waals surface area (Å²) in [6, 6.07) is 10.3. The van der Waals surface area contributed by atoms with Gasteiger partial charge >= 0.3 is 0 Å². The summed E-state index contributed by atoms with van der Waals surface area (Å²) in [6.45, 7) is 0.651. The summed E-state index contributed by atoms with van der Waals surface area (Å²) in [7, 11) is 0. The van der Waals surface area contributed by atoms with E-state index in [1.807, 2.05) is 12.3 Å². The van der Waals surface area contributed by atoms with Gasteiger partial charge in [-0.15, -0.1) is 0 Å².